The third kappa shape index (κ3) is 110. The standard InChI is InChI=1S/C14H33N2Si.C13H31N2Si.2C12H29N2Si.C11H27N2Si.5C7H16O2.5CH3.5Co/c1-10-16(11-2)12-14(6,7)15-17(8,9)13(3,4)5;1-8-15(9-2)12-10-11-14-16(6,7)13(3,4)5;1-11(2,3)15(8,9)13-12(4,5)10-14(6)7;1-8-14(9-2)11-10-13-15(6,7)12(3,4)5;1-11(2,3)14(6,7)12-9-8-10-13(4)5;5*1-3-6(8)5-7(9)4-2;;;;;;;;;;/h10-12H2,1-9H3;8-12H2,1-7H3;10H2,1-9H3;8-11H2,1-7H3;8-10H2,1-7H3;5*6-9H,3-5H2,1-2H3;5*1H3;;;;;/q5*-1;;;;;;5*-1;5*+3. The van der Waals surface area contributed by atoms with E-state index in [1.165, 1.54) is 19.4 Å². The molecule has 30 heteroatoms. The molecule has 0 radical (unpaired) electrons. The van der Waals surface area contributed by atoms with Gasteiger partial charge < -0.3 is 138 Å². The maximum absolute atomic E-state index is 9.00. The molecule has 0 rings (SSSR count). The molecule has 0 bridgehead atoms. The maximum atomic E-state index is 9.00. The van der Waals surface area contributed by atoms with Crippen LogP contribution < -0.4 is 0 Å². The fraction of sp³-hybridized carbons (Fsp3) is 0.951. The van der Waals surface area contributed by atoms with Crippen molar-refractivity contribution < 1.29 is 135 Å². The van der Waals surface area contributed by atoms with Crippen LogP contribution >= 0.6 is 0 Å². The summed E-state index contributed by atoms with van der Waals surface area (Å²) in [5, 5.41) is 91.8. The largest absolute Gasteiger partial charge is 3.00 e. The molecule has 0 aliphatic carbocycles. The van der Waals surface area contributed by atoms with Gasteiger partial charge in [0, 0.05) is 0 Å². The second kappa shape index (κ2) is 97.2. The summed E-state index contributed by atoms with van der Waals surface area (Å²) in [4.78, 5) is 37.1. The van der Waals surface area contributed by atoms with Gasteiger partial charge in [-0.3, -0.25) is 0 Å². The van der Waals surface area contributed by atoms with Crippen LogP contribution in [0.2, 0.25) is 90.7 Å². The van der Waals surface area contributed by atoms with Crippen LogP contribution in [0.15, 0.2) is 0 Å². The molecular weight excluding hydrogens is 1960 g/mol. The Kier molecular flexibility index (Phi) is 135. The Morgan fingerprint density at radius 1 is 0.227 bits per heavy atom. The molecule has 0 aliphatic rings. The fourth-order valence-electron chi connectivity index (χ4n) is 10.6. The molecule has 10 N–H and O–H groups in total. The van der Waals surface area contributed by atoms with E-state index in [-0.39, 0.29) is 193 Å². The summed E-state index contributed by atoms with van der Waals surface area (Å²) in [6, 6.07) is 0. The first-order valence-electron chi connectivity index (χ1n) is 48.8. The zero-order valence-corrected chi connectivity index (χ0v) is 109. The zero-order chi connectivity index (χ0) is 99.1. The monoisotopic (exact) mass is 2200 g/mol. The zero-order valence-electron chi connectivity index (χ0n) is 98.3. The summed E-state index contributed by atoms with van der Waals surface area (Å²) in [6.07, 6.45) is 9.15. The smallest absolute Gasteiger partial charge is 0.664 e. The summed E-state index contributed by atoms with van der Waals surface area (Å²) < 4.78 is 0. The Hall–Kier alpha value is 2.82. The van der Waals surface area contributed by atoms with Crippen molar-refractivity contribution in [2.45, 2.75) is 514 Å². The van der Waals surface area contributed by atoms with Crippen LogP contribution in [0.5, 0.6) is 0 Å². The molecule has 0 amide bonds. The first kappa shape index (κ1) is 183. The van der Waals surface area contributed by atoms with Crippen LogP contribution in [-0.4, -0.2) is 309 Å². The first-order valence-corrected chi connectivity index (χ1v) is 63.5. The van der Waals surface area contributed by atoms with E-state index >= 15 is 0 Å². The van der Waals surface area contributed by atoms with E-state index in [9.17, 15) is 0 Å². The minimum Gasteiger partial charge on any atom is -0.664 e. The van der Waals surface area contributed by atoms with Crippen molar-refractivity contribution in [3.05, 3.63) is 62.0 Å². The predicted molar refractivity (Wildman–Crippen MR) is 593 cm³/mol. The van der Waals surface area contributed by atoms with E-state index < -0.39 is 41.2 Å². The number of hydrogen-bond donors (Lipinski definition) is 10. The minimum absolute atomic E-state index is 0. The van der Waals surface area contributed by atoms with Gasteiger partial charge in [0.2, 0.25) is 0 Å². The van der Waals surface area contributed by atoms with Crippen molar-refractivity contribution >= 4 is 41.2 Å². The fourth-order valence-corrected chi connectivity index (χ4v) is 17.9. The van der Waals surface area contributed by atoms with Gasteiger partial charge in [0.1, 0.15) is 0 Å². The van der Waals surface area contributed by atoms with Crippen molar-refractivity contribution in [2.75, 3.05) is 120 Å². The summed E-state index contributed by atoms with van der Waals surface area (Å²) in [6.45, 7) is 116. The molecule has 0 aromatic rings. The van der Waals surface area contributed by atoms with Gasteiger partial charge in [0.25, 0.3) is 0 Å². The predicted octanol–water partition coefficient (Wildman–Crippen LogP) is 26.1. The molecule has 20 nitrogen and oxygen atoms in total. The minimum atomic E-state index is -1.53. The molecule has 0 aromatic heterocycles. The van der Waals surface area contributed by atoms with E-state index in [1.54, 1.807) is 0 Å². The molecule has 0 saturated carbocycles. The molecule has 10 atom stereocenters. The molecule has 0 saturated heterocycles. The van der Waals surface area contributed by atoms with Crippen molar-refractivity contribution in [3.8, 4) is 0 Å². The Labute approximate surface area is 889 Å². The van der Waals surface area contributed by atoms with Gasteiger partial charge in [-0.05, 0) is 196 Å². The number of hydrogen-bond acceptors (Lipinski definition) is 15. The molecule has 0 aromatic carbocycles. The third-order valence-electron chi connectivity index (χ3n) is 25.1. The molecule has 132 heavy (non-hydrogen) atoms. The van der Waals surface area contributed by atoms with E-state index in [1.807, 2.05) is 69.2 Å². The second-order valence-corrected chi connectivity index (χ2v) is 68.1. The maximum Gasteiger partial charge on any atom is 3.00 e. The molecule has 0 fully saturated rings. The third-order valence-corrected chi connectivity index (χ3v) is 48.8. The molecule has 10 unspecified atom stereocenters. The number of nitrogens with zero attached hydrogens (tertiary/aromatic N) is 10. The van der Waals surface area contributed by atoms with Gasteiger partial charge in [-0.25, -0.2) is 0 Å². The number of aliphatic hydroxyl groups excluding tert-OH is 10. The van der Waals surface area contributed by atoms with Crippen LogP contribution in [0.4, 0.5) is 0 Å². The topological polar surface area (TPSA) is 289 Å². The van der Waals surface area contributed by atoms with Crippen molar-refractivity contribution in [1.82, 2.24) is 24.5 Å². The SMILES string of the molecule is CCC(O)CC(O)CC.CCC(O)CC(O)CC.CCC(O)CC(O)CC.CCC(O)CC(O)CC.CCC(O)CC(O)CC.CCN(CC)CC(C)(C)[N-][Si](C)(C)C(C)(C)C.CCN(CC)CCC[N-][Si](C)(C)C(C)(C)C.CCN(CC)CC[N-][Si](C)(C)C(C)(C)C.CN(C)CC(C)(C)[N-][Si](C)(C)C(C)(C)C.CN(C)CCC[N-][Si](C)(C)C(C)(C)C.[CH3-].[CH3-].[CH3-].[CH3-].[CH3-].[Co+3].[Co+3].[Co+3].[Co+3].[Co+3]. The van der Waals surface area contributed by atoms with E-state index in [0.717, 1.165) is 149 Å². The quantitative estimate of drug-likeness (QED) is 0.0154. The van der Waals surface area contributed by atoms with Crippen LogP contribution in [-0.2, 0) is 83.9 Å². The summed E-state index contributed by atoms with van der Waals surface area (Å²) in [5.74, 6) is 0. The van der Waals surface area contributed by atoms with Crippen LogP contribution in [0, 0.1) is 37.1 Å². The van der Waals surface area contributed by atoms with E-state index in [2.05, 4.69) is 291 Å². The van der Waals surface area contributed by atoms with Gasteiger partial charge >= 0.3 is 83.9 Å². The van der Waals surface area contributed by atoms with Crippen LogP contribution in [0.25, 0.3) is 24.9 Å². The average molecular weight is 2210 g/mol. The molecular formula is C102H244Co5N10O10Si5+5. The van der Waals surface area contributed by atoms with Crippen molar-refractivity contribution in [2.24, 2.45) is 0 Å². The average Bonchev–Trinajstić information content (AvgIpc) is 0.813. The summed E-state index contributed by atoms with van der Waals surface area (Å²) >= 11 is 0. The number of rotatable bonds is 48. The second-order valence-electron chi connectivity index (χ2n) is 43.6. The van der Waals surface area contributed by atoms with Gasteiger partial charge in [0.05, 0.1) is 61.0 Å². The van der Waals surface area contributed by atoms with Crippen LogP contribution in [0.3, 0.4) is 0 Å². The Balaban J connectivity index is -0.0000000587. The van der Waals surface area contributed by atoms with E-state index in [4.69, 9.17) is 76.0 Å². The van der Waals surface area contributed by atoms with Crippen molar-refractivity contribution in [1.29, 1.82) is 0 Å². The molecule has 0 aliphatic heterocycles. The number of aliphatic hydroxyl groups is 10. The normalized spacial score (nSPS) is 14.1. The van der Waals surface area contributed by atoms with Crippen molar-refractivity contribution in [3.63, 3.8) is 0 Å². The van der Waals surface area contributed by atoms with Gasteiger partial charge in [-0.15, -0.1) is 30.7 Å². The molecule has 822 valence electrons. The summed E-state index contributed by atoms with van der Waals surface area (Å²) in [5.41, 5.74) is 0.154. The van der Waals surface area contributed by atoms with Gasteiger partial charge in [-0.1, -0.05) is 387 Å². The Morgan fingerprint density at radius 2 is 0.394 bits per heavy atom. The van der Waals surface area contributed by atoms with Gasteiger partial charge in [-0.2, -0.15) is 0 Å². The Morgan fingerprint density at radius 3 is 0.553 bits per heavy atom. The molecule has 0 heterocycles. The first-order chi connectivity index (χ1) is 55.0. The molecule has 0 spiro atoms. The van der Waals surface area contributed by atoms with Crippen LogP contribution in [0.1, 0.15) is 351 Å². The number of likely N-dealkylation sites (N-methyl/N-ethyl adjacent to an activating group) is 3. The van der Waals surface area contributed by atoms with E-state index in [0.29, 0.717) is 57.3 Å². The Bertz CT molecular complexity index is 2140. The summed E-state index contributed by atoms with van der Waals surface area (Å²) in [7, 11) is 1.26. The van der Waals surface area contributed by atoms with Gasteiger partial charge in [0.15, 0.2) is 0 Å².